The summed E-state index contributed by atoms with van der Waals surface area (Å²) in [6.45, 7) is 3.78. The second-order valence-corrected chi connectivity index (χ2v) is 5.05. The maximum atomic E-state index is 13.1. The quantitative estimate of drug-likeness (QED) is 0.843. The van der Waals surface area contributed by atoms with E-state index in [4.69, 9.17) is 0 Å². The first-order valence-electron chi connectivity index (χ1n) is 6.35. The van der Waals surface area contributed by atoms with Crippen LogP contribution in [0.4, 0.5) is 4.39 Å². The van der Waals surface area contributed by atoms with Crippen LogP contribution in [-0.4, -0.2) is 11.7 Å². The van der Waals surface area contributed by atoms with Crippen LogP contribution < -0.4 is 5.32 Å². The molecule has 1 saturated carbocycles. The fraction of sp³-hybridized carbons (Fsp3) is 0.571. The maximum absolute atomic E-state index is 13.1. The Kier molecular flexibility index (Phi) is 4.00. The molecule has 2 rings (SSSR count). The van der Waals surface area contributed by atoms with Gasteiger partial charge in [-0.3, -0.25) is 0 Å². The van der Waals surface area contributed by atoms with Crippen molar-refractivity contribution in [3.63, 3.8) is 0 Å². The standard InChI is InChI=1S/C14H20FNO/c1-10-4-2-5-11(10)8-16-9-12-6-3-7-13(15)14(12)17/h3,6-7,10-11,16-17H,2,4-5,8-9H2,1H3. The van der Waals surface area contributed by atoms with Crippen LogP contribution in [0.2, 0.25) is 0 Å². The van der Waals surface area contributed by atoms with E-state index in [0.29, 0.717) is 12.1 Å². The number of phenolic OH excluding ortho intramolecular Hbond substituents is 1. The molecule has 2 unspecified atom stereocenters. The fourth-order valence-corrected chi connectivity index (χ4v) is 2.62. The van der Waals surface area contributed by atoms with Crippen LogP contribution in [0.3, 0.4) is 0 Å². The van der Waals surface area contributed by atoms with Crippen molar-refractivity contribution >= 4 is 0 Å². The molecule has 1 aliphatic rings. The molecule has 94 valence electrons. The molecule has 0 amide bonds. The fourth-order valence-electron chi connectivity index (χ4n) is 2.62. The predicted octanol–water partition coefficient (Wildman–Crippen LogP) is 3.06. The van der Waals surface area contributed by atoms with Gasteiger partial charge >= 0.3 is 0 Å². The summed E-state index contributed by atoms with van der Waals surface area (Å²) in [6, 6.07) is 4.66. The van der Waals surface area contributed by atoms with E-state index in [2.05, 4.69) is 12.2 Å². The summed E-state index contributed by atoms with van der Waals surface area (Å²) in [5, 5.41) is 12.8. The number of halogens is 1. The van der Waals surface area contributed by atoms with Crippen molar-refractivity contribution in [2.24, 2.45) is 11.8 Å². The summed E-state index contributed by atoms with van der Waals surface area (Å²) < 4.78 is 13.1. The molecule has 0 aromatic heterocycles. The zero-order chi connectivity index (χ0) is 12.3. The Labute approximate surface area is 102 Å². The van der Waals surface area contributed by atoms with E-state index >= 15 is 0 Å². The lowest BCUT2D eigenvalue weighted by Crippen LogP contribution is -2.24. The van der Waals surface area contributed by atoms with Crippen LogP contribution in [-0.2, 0) is 6.54 Å². The number of para-hydroxylation sites is 1. The molecule has 1 aromatic carbocycles. The number of nitrogens with one attached hydrogen (secondary N) is 1. The van der Waals surface area contributed by atoms with Gasteiger partial charge in [-0.1, -0.05) is 31.9 Å². The summed E-state index contributed by atoms with van der Waals surface area (Å²) >= 11 is 0. The van der Waals surface area contributed by atoms with Gasteiger partial charge in [0.2, 0.25) is 0 Å². The van der Waals surface area contributed by atoms with Gasteiger partial charge in [-0.2, -0.15) is 0 Å². The monoisotopic (exact) mass is 237 g/mol. The van der Waals surface area contributed by atoms with Crippen molar-refractivity contribution in [2.75, 3.05) is 6.54 Å². The second-order valence-electron chi connectivity index (χ2n) is 5.05. The molecule has 1 aromatic rings. The molecular weight excluding hydrogens is 217 g/mol. The minimum atomic E-state index is -0.543. The SMILES string of the molecule is CC1CCCC1CNCc1cccc(F)c1O. The molecule has 0 saturated heterocycles. The lowest BCUT2D eigenvalue weighted by molar-refractivity contribution is 0.386. The topological polar surface area (TPSA) is 32.3 Å². The van der Waals surface area contributed by atoms with Gasteiger partial charge in [-0.05, 0) is 30.9 Å². The van der Waals surface area contributed by atoms with Crippen LogP contribution in [0, 0.1) is 17.7 Å². The Morgan fingerprint density at radius 3 is 2.94 bits per heavy atom. The molecule has 1 aliphatic carbocycles. The number of rotatable bonds is 4. The van der Waals surface area contributed by atoms with Crippen LogP contribution in [0.15, 0.2) is 18.2 Å². The third kappa shape index (κ3) is 2.97. The van der Waals surface area contributed by atoms with Crippen LogP contribution in [0.5, 0.6) is 5.75 Å². The van der Waals surface area contributed by atoms with Gasteiger partial charge in [-0.15, -0.1) is 0 Å². The van der Waals surface area contributed by atoms with Gasteiger partial charge < -0.3 is 10.4 Å². The summed E-state index contributed by atoms with van der Waals surface area (Å²) in [5.41, 5.74) is 0.635. The number of hydrogen-bond donors (Lipinski definition) is 2. The lowest BCUT2D eigenvalue weighted by atomic mass is 9.98. The van der Waals surface area contributed by atoms with E-state index in [1.165, 1.54) is 25.3 Å². The van der Waals surface area contributed by atoms with Crippen LogP contribution in [0.25, 0.3) is 0 Å². The van der Waals surface area contributed by atoms with E-state index in [0.717, 1.165) is 18.4 Å². The zero-order valence-corrected chi connectivity index (χ0v) is 10.2. The van der Waals surface area contributed by atoms with Gasteiger partial charge in [0.05, 0.1) is 0 Å². The Hall–Kier alpha value is -1.09. The molecule has 0 bridgehead atoms. The van der Waals surface area contributed by atoms with Crippen molar-refractivity contribution in [3.05, 3.63) is 29.6 Å². The molecule has 3 heteroatoms. The first-order valence-corrected chi connectivity index (χ1v) is 6.35. The smallest absolute Gasteiger partial charge is 0.165 e. The van der Waals surface area contributed by atoms with Gasteiger partial charge in [0.1, 0.15) is 0 Å². The Morgan fingerprint density at radius 2 is 2.24 bits per heavy atom. The molecule has 17 heavy (non-hydrogen) atoms. The summed E-state index contributed by atoms with van der Waals surface area (Å²) in [6.07, 6.45) is 3.92. The lowest BCUT2D eigenvalue weighted by Gasteiger charge is -2.16. The van der Waals surface area contributed by atoms with Gasteiger partial charge in [0.25, 0.3) is 0 Å². The van der Waals surface area contributed by atoms with Gasteiger partial charge in [-0.25, -0.2) is 4.39 Å². The van der Waals surface area contributed by atoms with E-state index in [1.807, 2.05) is 0 Å². The summed E-state index contributed by atoms with van der Waals surface area (Å²) in [4.78, 5) is 0. The van der Waals surface area contributed by atoms with Crippen molar-refractivity contribution in [1.82, 2.24) is 5.32 Å². The van der Waals surface area contributed by atoms with Crippen molar-refractivity contribution < 1.29 is 9.50 Å². The van der Waals surface area contributed by atoms with Crippen molar-refractivity contribution in [3.8, 4) is 5.75 Å². The second kappa shape index (κ2) is 5.50. The molecule has 1 fully saturated rings. The average molecular weight is 237 g/mol. The highest BCUT2D eigenvalue weighted by molar-refractivity contribution is 5.33. The zero-order valence-electron chi connectivity index (χ0n) is 10.2. The van der Waals surface area contributed by atoms with Crippen molar-refractivity contribution in [2.45, 2.75) is 32.7 Å². The third-order valence-corrected chi connectivity index (χ3v) is 3.83. The number of hydrogen-bond acceptors (Lipinski definition) is 2. The molecule has 2 nitrogen and oxygen atoms in total. The first-order chi connectivity index (χ1) is 8.18. The minimum Gasteiger partial charge on any atom is -0.505 e. The highest BCUT2D eigenvalue weighted by Crippen LogP contribution is 2.30. The van der Waals surface area contributed by atoms with Crippen LogP contribution in [0.1, 0.15) is 31.7 Å². The third-order valence-electron chi connectivity index (χ3n) is 3.83. The molecule has 2 N–H and O–H groups in total. The molecule has 0 heterocycles. The Bertz CT molecular complexity index is 380. The van der Waals surface area contributed by atoms with E-state index < -0.39 is 5.82 Å². The first kappa shape index (κ1) is 12.4. The number of phenols is 1. The van der Waals surface area contributed by atoms with E-state index in [1.54, 1.807) is 12.1 Å². The average Bonchev–Trinajstić information content (AvgIpc) is 2.71. The Balaban J connectivity index is 1.84. The highest BCUT2D eigenvalue weighted by atomic mass is 19.1. The van der Waals surface area contributed by atoms with Crippen LogP contribution >= 0.6 is 0 Å². The Morgan fingerprint density at radius 1 is 1.41 bits per heavy atom. The number of benzene rings is 1. The molecule has 2 atom stereocenters. The molecular formula is C14H20FNO. The maximum Gasteiger partial charge on any atom is 0.165 e. The number of aromatic hydroxyl groups is 1. The van der Waals surface area contributed by atoms with E-state index in [9.17, 15) is 9.50 Å². The molecule has 0 spiro atoms. The largest absolute Gasteiger partial charge is 0.505 e. The summed E-state index contributed by atoms with van der Waals surface area (Å²) in [7, 11) is 0. The summed E-state index contributed by atoms with van der Waals surface area (Å²) in [5.74, 6) is 0.743. The molecule has 0 aliphatic heterocycles. The van der Waals surface area contributed by atoms with Gasteiger partial charge in [0, 0.05) is 12.1 Å². The van der Waals surface area contributed by atoms with Gasteiger partial charge in [0.15, 0.2) is 11.6 Å². The van der Waals surface area contributed by atoms with Crippen molar-refractivity contribution in [1.29, 1.82) is 0 Å². The minimum absolute atomic E-state index is 0.223. The normalized spacial score (nSPS) is 24.1. The van der Waals surface area contributed by atoms with E-state index in [-0.39, 0.29) is 5.75 Å². The molecule has 0 radical (unpaired) electrons. The highest BCUT2D eigenvalue weighted by Gasteiger charge is 2.22. The predicted molar refractivity (Wildman–Crippen MR) is 66.3 cm³/mol.